The van der Waals surface area contributed by atoms with Gasteiger partial charge >= 0.3 is 6.03 Å². The van der Waals surface area contributed by atoms with Gasteiger partial charge in [0.25, 0.3) is 0 Å². The van der Waals surface area contributed by atoms with Crippen molar-refractivity contribution in [2.24, 2.45) is 11.5 Å². The number of benzene rings is 1. The monoisotopic (exact) mass is 266 g/mol. The maximum absolute atomic E-state index is 10.7. The van der Waals surface area contributed by atoms with Gasteiger partial charge in [-0.2, -0.15) is 0 Å². The summed E-state index contributed by atoms with van der Waals surface area (Å²) < 4.78 is 5.17. The number of hydrogen-bond acceptors (Lipinski definition) is 4. The van der Waals surface area contributed by atoms with Gasteiger partial charge in [0, 0.05) is 24.5 Å². The van der Waals surface area contributed by atoms with Crippen LogP contribution in [0.5, 0.6) is 0 Å². The minimum atomic E-state index is -0.569. The molecule has 1 rings (SSSR count). The second-order valence-electron chi connectivity index (χ2n) is 4.29. The van der Waals surface area contributed by atoms with Crippen LogP contribution in [0.1, 0.15) is 12.8 Å². The van der Waals surface area contributed by atoms with Gasteiger partial charge in [-0.05, 0) is 43.7 Å². The largest absolute Gasteiger partial charge is 0.383 e. The quantitative estimate of drug-likeness (QED) is 0.570. The highest BCUT2D eigenvalue weighted by molar-refractivity contribution is 5.87. The topological polar surface area (TPSA) is 102 Å². The van der Waals surface area contributed by atoms with Gasteiger partial charge < -0.3 is 26.8 Å². The van der Waals surface area contributed by atoms with E-state index in [-0.39, 0.29) is 6.04 Å². The van der Waals surface area contributed by atoms with Gasteiger partial charge in [0.1, 0.15) is 0 Å². The highest BCUT2D eigenvalue weighted by Crippen LogP contribution is 2.15. The Bertz CT molecular complexity index is 381. The van der Waals surface area contributed by atoms with Gasteiger partial charge in [-0.3, -0.25) is 0 Å². The molecule has 0 saturated carbocycles. The Labute approximate surface area is 113 Å². The van der Waals surface area contributed by atoms with Crippen molar-refractivity contribution >= 4 is 17.4 Å². The van der Waals surface area contributed by atoms with Crippen LogP contribution in [0, 0.1) is 0 Å². The third-order valence-corrected chi connectivity index (χ3v) is 2.65. The predicted molar refractivity (Wildman–Crippen MR) is 77.2 cm³/mol. The second-order valence-corrected chi connectivity index (χ2v) is 4.29. The molecular formula is C13H22N4O2. The van der Waals surface area contributed by atoms with Crippen LogP contribution < -0.4 is 22.1 Å². The Morgan fingerprint density at radius 2 is 1.95 bits per heavy atom. The summed E-state index contributed by atoms with van der Waals surface area (Å²) in [4.78, 5) is 10.7. The number of nitrogens with one attached hydrogen (secondary N) is 2. The molecule has 2 amide bonds. The van der Waals surface area contributed by atoms with Gasteiger partial charge in [-0.15, -0.1) is 0 Å². The number of ether oxygens (including phenoxy) is 1. The lowest BCUT2D eigenvalue weighted by atomic mass is 10.1. The minimum Gasteiger partial charge on any atom is -0.383 e. The molecule has 106 valence electrons. The van der Waals surface area contributed by atoms with Gasteiger partial charge in [-0.25, -0.2) is 4.79 Å². The van der Waals surface area contributed by atoms with Crippen LogP contribution in [0.4, 0.5) is 16.2 Å². The number of methoxy groups -OCH3 is 1. The Kier molecular flexibility index (Phi) is 6.70. The van der Waals surface area contributed by atoms with Gasteiger partial charge in [0.2, 0.25) is 0 Å². The first-order valence-corrected chi connectivity index (χ1v) is 6.27. The standard InChI is InChI=1S/C13H22N4O2/c1-19-9-12(3-2-8-14)16-10-4-6-11(7-5-10)17-13(15)18/h4-7,12,16H,2-3,8-9,14H2,1H3,(H3,15,17,18). The fraction of sp³-hybridized carbons (Fsp3) is 0.462. The molecule has 6 nitrogen and oxygen atoms in total. The molecule has 0 bridgehead atoms. The van der Waals surface area contributed by atoms with Crippen LogP contribution in [-0.4, -0.2) is 32.3 Å². The molecule has 6 heteroatoms. The molecular weight excluding hydrogens is 244 g/mol. The van der Waals surface area contributed by atoms with Crippen molar-refractivity contribution in [2.75, 3.05) is 30.9 Å². The summed E-state index contributed by atoms with van der Waals surface area (Å²) in [5, 5.41) is 5.89. The second kappa shape index (κ2) is 8.34. The van der Waals surface area contributed by atoms with Crippen LogP contribution in [0.2, 0.25) is 0 Å². The average Bonchev–Trinajstić information content (AvgIpc) is 2.38. The number of anilines is 2. The van der Waals surface area contributed by atoms with E-state index >= 15 is 0 Å². The predicted octanol–water partition coefficient (Wildman–Crippen LogP) is 1.34. The number of primary amides is 1. The summed E-state index contributed by atoms with van der Waals surface area (Å²) in [6.45, 7) is 1.30. The lowest BCUT2D eigenvalue weighted by Crippen LogP contribution is -2.25. The van der Waals surface area contributed by atoms with E-state index < -0.39 is 6.03 Å². The molecule has 0 spiro atoms. The molecule has 0 aliphatic heterocycles. The third kappa shape index (κ3) is 6.08. The fourth-order valence-electron chi connectivity index (χ4n) is 1.79. The first-order chi connectivity index (χ1) is 9.15. The summed E-state index contributed by atoms with van der Waals surface area (Å²) in [6.07, 6.45) is 1.90. The van der Waals surface area contributed by atoms with Crippen LogP contribution in [0.3, 0.4) is 0 Å². The minimum absolute atomic E-state index is 0.225. The van der Waals surface area contributed by atoms with Crippen LogP contribution in [-0.2, 0) is 4.74 Å². The lowest BCUT2D eigenvalue weighted by Gasteiger charge is -2.19. The zero-order chi connectivity index (χ0) is 14.1. The summed E-state index contributed by atoms with van der Waals surface area (Å²) in [6, 6.07) is 7.01. The van der Waals surface area contributed by atoms with E-state index in [9.17, 15) is 4.79 Å². The van der Waals surface area contributed by atoms with E-state index in [1.165, 1.54) is 0 Å². The molecule has 1 aromatic rings. The number of amides is 2. The first-order valence-electron chi connectivity index (χ1n) is 6.27. The summed E-state index contributed by atoms with van der Waals surface area (Å²) in [5.74, 6) is 0. The molecule has 1 aromatic carbocycles. The fourth-order valence-corrected chi connectivity index (χ4v) is 1.79. The van der Waals surface area contributed by atoms with E-state index in [1.54, 1.807) is 19.2 Å². The summed E-state index contributed by atoms with van der Waals surface area (Å²) in [7, 11) is 1.68. The van der Waals surface area contributed by atoms with Crippen LogP contribution in [0.15, 0.2) is 24.3 Å². The molecule has 0 aliphatic rings. The highest BCUT2D eigenvalue weighted by Gasteiger charge is 2.07. The van der Waals surface area contributed by atoms with Crippen molar-refractivity contribution in [1.82, 2.24) is 0 Å². The van der Waals surface area contributed by atoms with E-state index in [4.69, 9.17) is 16.2 Å². The van der Waals surface area contributed by atoms with E-state index in [1.807, 2.05) is 12.1 Å². The smallest absolute Gasteiger partial charge is 0.316 e. The molecule has 6 N–H and O–H groups in total. The molecule has 0 aromatic heterocycles. The van der Waals surface area contributed by atoms with Gasteiger partial charge in [-0.1, -0.05) is 0 Å². The van der Waals surface area contributed by atoms with Crippen LogP contribution >= 0.6 is 0 Å². The van der Waals surface area contributed by atoms with E-state index in [2.05, 4.69) is 10.6 Å². The maximum atomic E-state index is 10.7. The molecule has 0 saturated heterocycles. The highest BCUT2D eigenvalue weighted by atomic mass is 16.5. The molecule has 1 atom stereocenters. The summed E-state index contributed by atoms with van der Waals surface area (Å²) in [5.41, 5.74) is 12.2. The molecule has 19 heavy (non-hydrogen) atoms. The molecule has 1 unspecified atom stereocenters. The van der Waals surface area contributed by atoms with E-state index in [0.29, 0.717) is 18.8 Å². The van der Waals surface area contributed by atoms with Crippen LogP contribution in [0.25, 0.3) is 0 Å². The summed E-state index contributed by atoms with van der Waals surface area (Å²) >= 11 is 0. The zero-order valence-electron chi connectivity index (χ0n) is 11.2. The molecule has 0 radical (unpaired) electrons. The number of urea groups is 1. The Morgan fingerprint density at radius 1 is 1.32 bits per heavy atom. The maximum Gasteiger partial charge on any atom is 0.316 e. The van der Waals surface area contributed by atoms with Crippen molar-refractivity contribution < 1.29 is 9.53 Å². The lowest BCUT2D eigenvalue weighted by molar-refractivity contribution is 0.182. The van der Waals surface area contributed by atoms with Crippen molar-refractivity contribution in [2.45, 2.75) is 18.9 Å². The van der Waals surface area contributed by atoms with Gasteiger partial charge in [0.15, 0.2) is 0 Å². The SMILES string of the molecule is COCC(CCCN)Nc1ccc(NC(N)=O)cc1. The van der Waals surface area contributed by atoms with Crippen molar-refractivity contribution in [3.63, 3.8) is 0 Å². The molecule has 0 fully saturated rings. The number of carbonyl (C=O) groups excluding carboxylic acids is 1. The average molecular weight is 266 g/mol. The number of rotatable bonds is 8. The molecule has 0 heterocycles. The van der Waals surface area contributed by atoms with Crippen molar-refractivity contribution in [1.29, 1.82) is 0 Å². The van der Waals surface area contributed by atoms with Gasteiger partial charge in [0.05, 0.1) is 6.61 Å². The number of hydrogen-bond donors (Lipinski definition) is 4. The Balaban J connectivity index is 2.55. The number of carbonyl (C=O) groups is 1. The normalized spacial score (nSPS) is 11.9. The van der Waals surface area contributed by atoms with E-state index in [0.717, 1.165) is 18.5 Å². The first kappa shape index (κ1) is 15.3. The Hall–Kier alpha value is -1.79. The Morgan fingerprint density at radius 3 is 2.47 bits per heavy atom. The molecule has 0 aliphatic carbocycles. The zero-order valence-corrected chi connectivity index (χ0v) is 11.2. The van der Waals surface area contributed by atoms with Crippen molar-refractivity contribution in [3.8, 4) is 0 Å². The van der Waals surface area contributed by atoms with Crippen molar-refractivity contribution in [3.05, 3.63) is 24.3 Å². The third-order valence-electron chi connectivity index (χ3n) is 2.65. The number of nitrogens with two attached hydrogens (primary N) is 2.